The Morgan fingerprint density at radius 3 is 2.76 bits per heavy atom. The normalized spacial score (nSPS) is 28.1. The van der Waals surface area contributed by atoms with Crippen LogP contribution in [0.1, 0.15) is 37.2 Å². The van der Waals surface area contributed by atoms with Crippen LogP contribution in [-0.2, 0) is 0 Å². The van der Waals surface area contributed by atoms with Crippen LogP contribution in [0.3, 0.4) is 0 Å². The topological polar surface area (TPSA) is 54.9 Å². The lowest BCUT2D eigenvalue weighted by Gasteiger charge is -2.19. The van der Waals surface area contributed by atoms with Crippen LogP contribution in [0.4, 0.5) is 0 Å². The van der Waals surface area contributed by atoms with Gasteiger partial charge in [-0.2, -0.15) is 0 Å². The fraction of sp³-hybridized carbons (Fsp3) is 0.583. The second-order valence-corrected chi connectivity index (χ2v) is 5.11. The van der Waals surface area contributed by atoms with E-state index in [1.807, 2.05) is 0 Å². The zero-order valence-corrected chi connectivity index (χ0v) is 10.7. The highest BCUT2D eigenvalue weighted by molar-refractivity contribution is 6.29. The van der Waals surface area contributed by atoms with Crippen LogP contribution >= 0.6 is 11.6 Å². The molecule has 17 heavy (non-hydrogen) atoms. The summed E-state index contributed by atoms with van der Waals surface area (Å²) in [5.41, 5.74) is 0.282. The second-order valence-electron chi connectivity index (χ2n) is 4.72. The zero-order chi connectivity index (χ0) is 12.4. The predicted molar refractivity (Wildman–Crippen MR) is 65.9 cm³/mol. The smallest absolute Gasteiger partial charge is 0.271 e. The van der Waals surface area contributed by atoms with Gasteiger partial charge in [-0.15, -0.1) is 0 Å². The molecule has 2 rings (SSSR count). The first-order chi connectivity index (χ1) is 8.08. The standard InChI is InChI=1S/C12H16ClN3O/c1-7-3-4-9(8(7)2)16-12(17)10-5-14-6-11(13)15-10/h5-9H,3-4H2,1-2H3,(H,16,17). The number of rotatable bonds is 2. The Morgan fingerprint density at radius 1 is 1.41 bits per heavy atom. The highest BCUT2D eigenvalue weighted by atomic mass is 35.5. The largest absolute Gasteiger partial charge is 0.348 e. The van der Waals surface area contributed by atoms with Gasteiger partial charge >= 0.3 is 0 Å². The third-order valence-corrected chi connectivity index (χ3v) is 3.80. The van der Waals surface area contributed by atoms with Crippen molar-refractivity contribution < 1.29 is 4.79 Å². The third-order valence-electron chi connectivity index (χ3n) is 3.62. The van der Waals surface area contributed by atoms with Gasteiger partial charge in [0.15, 0.2) is 0 Å². The van der Waals surface area contributed by atoms with Gasteiger partial charge in [0.1, 0.15) is 10.8 Å². The van der Waals surface area contributed by atoms with Gasteiger partial charge in [0.25, 0.3) is 5.91 Å². The molecule has 0 spiro atoms. The summed E-state index contributed by atoms with van der Waals surface area (Å²) in [6, 6.07) is 0.235. The summed E-state index contributed by atoms with van der Waals surface area (Å²) in [6.07, 6.45) is 5.04. The summed E-state index contributed by atoms with van der Waals surface area (Å²) >= 11 is 5.70. The van der Waals surface area contributed by atoms with Gasteiger partial charge in [-0.25, -0.2) is 4.98 Å². The van der Waals surface area contributed by atoms with E-state index in [4.69, 9.17) is 11.6 Å². The van der Waals surface area contributed by atoms with Crippen LogP contribution in [0.2, 0.25) is 5.15 Å². The molecule has 92 valence electrons. The zero-order valence-electron chi connectivity index (χ0n) is 9.98. The molecule has 1 aliphatic carbocycles. The SMILES string of the molecule is CC1CCC(NC(=O)c2cncc(Cl)n2)C1C. The van der Waals surface area contributed by atoms with Gasteiger partial charge in [0, 0.05) is 6.04 Å². The van der Waals surface area contributed by atoms with Gasteiger partial charge in [0.05, 0.1) is 12.4 Å². The monoisotopic (exact) mass is 253 g/mol. The molecule has 0 aromatic carbocycles. The van der Waals surface area contributed by atoms with Crippen LogP contribution in [0.15, 0.2) is 12.4 Å². The van der Waals surface area contributed by atoms with Crippen molar-refractivity contribution >= 4 is 17.5 Å². The van der Waals surface area contributed by atoms with E-state index in [2.05, 4.69) is 29.1 Å². The third kappa shape index (κ3) is 2.75. The van der Waals surface area contributed by atoms with Gasteiger partial charge in [0.2, 0.25) is 0 Å². The first kappa shape index (κ1) is 12.3. The van der Waals surface area contributed by atoms with Crippen molar-refractivity contribution in [2.75, 3.05) is 0 Å². The van der Waals surface area contributed by atoms with Crippen molar-refractivity contribution in [3.63, 3.8) is 0 Å². The van der Waals surface area contributed by atoms with Gasteiger partial charge in [-0.1, -0.05) is 25.4 Å². The van der Waals surface area contributed by atoms with E-state index in [0.717, 1.165) is 12.8 Å². The molecule has 0 saturated heterocycles. The second kappa shape index (κ2) is 5.00. The first-order valence-electron chi connectivity index (χ1n) is 5.86. The number of hydrogen-bond acceptors (Lipinski definition) is 3. The molecule has 0 bridgehead atoms. The number of halogens is 1. The van der Waals surface area contributed by atoms with E-state index < -0.39 is 0 Å². The van der Waals surface area contributed by atoms with Gasteiger partial charge < -0.3 is 5.32 Å². The maximum Gasteiger partial charge on any atom is 0.271 e. The van der Waals surface area contributed by atoms with Crippen LogP contribution in [0, 0.1) is 11.8 Å². The van der Waals surface area contributed by atoms with Crippen molar-refractivity contribution in [2.45, 2.75) is 32.7 Å². The Hall–Kier alpha value is -1.16. The highest BCUT2D eigenvalue weighted by Crippen LogP contribution is 2.31. The number of carbonyl (C=O) groups excluding carboxylic acids is 1. The summed E-state index contributed by atoms with van der Waals surface area (Å²) in [6.45, 7) is 4.39. The van der Waals surface area contributed by atoms with E-state index in [1.165, 1.54) is 12.4 Å². The molecule has 1 aromatic heterocycles. The van der Waals surface area contributed by atoms with Crippen molar-refractivity contribution in [1.29, 1.82) is 0 Å². The van der Waals surface area contributed by atoms with E-state index >= 15 is 0 Å². The molecule has 3 atom stereocenters. The van der Waals surface area contributed by atoms with Crippen molar-refractivity contribution in [2.24, 2.45) is 11.8 Å². The molecule has 1 fully saturated rings. The Bertz CT molecular complexity index is 424. The molecule has 5 heteroatoms. The molecule has 1 amide bonds. The molecule has 0 radical (unpaired) electrons. The van der Waals surface area contributed by atoms with E-state index in [-0.39, 0.29) is 22.8 Å². The minimum Gasteiger partial charge on any atom is -0.348 e. The van der Waals surface area contributed by atoms with Crippen LogP contribution < -0.4 is 5.32 Å². The molecule has 4 nitrogen and oxygen atoms in total. The Kier molecular flexibility index (Phi) is 3.62. The van der Waals surface area contributed by atoms with Crippen molar-refractivity contribution in [3.8, 4) is 0 Å². The van der Waals surface area contributed by atoms with Gasteiger partial charge in [-0.3, -0.25) is 9.78 Å². The Balaban J connectivity index is 2.02. The number of carbonyl (C=O) groups is 1. The Labute approximate surface area is 106 Å². The number of aromatic nitrogens is 2. The average Bonchev–Trinajstić information content (AvgIpc) is 2.61. The van der Waals surface area contributed by atoms with Crippen LogP contribution in [-0.4, -0.2) is 21.9 Å². The quantitative estimate of drug-likeness (QED) is 0.880. The van der Waals surface area contributed by atoms with E-state index in [1.54, 1.807) is 0 Å². The Morgan fingerprint density at radius 2 is 2.18 bits per heavy atom. The molecule has 1 aliphatic rings. The minimum absolute atomic E-state index is 0.189. The molecule has 1 saturated carbocycles. The summed E-state index contributed by atoms with van der Waals surface area (Å²) in [7, 11) is 0. The molecular formula is C12H16ClN3O. The molecule has 3 unspecified atom stereocenters. The van der Waals surface area contributed by atoms with Gasteiger partial charge in [-0.05, 0) is 24.7 Å². The summed E-state index contributed by atoms with van der Waals surface area (Å²) < 4.78 is 0. The predicted octanol–water partition coefficient (Wildman–Crippen LogP) is 2.29. The fourth-order valence-electron chi connectivity index (χ4n) is 2.26. The molecular weight excluding hydrogens is 238 g/mol. The molecule has 0 aliphatic heterocycles. The summed E-state index contributed by atoms with van der Waals surface area (Å²) in [5, 5.41) is 3.24. The molecule has 1 N–H and O–H groups in total. The van der Waals surface area contributed by atoms with Crippen molar-refractivity contribution in [3.05, 3.63) is 23.2 Å². The fourth-order valence-corrected chi connectivity index (χ4v) is 2.41. The van der Waals surface area contributed by atoms with Crippen LogP contribution in [0.5, 0.6) is 0 Å². The van der Waals surface area contributed by atoms with E-state index in [9.17, 15) is 4.79 Å². The molecule has 1 heterocycles. The lowest BCUT2D eigenvalue weighted by molar-refractivity contribution is 0.0922. The highest BCUT2D eigenvalue weighted by Gasteiger charge is 2.31. The maximum absolute atomic E-state index is 11.9. The lowest BCUT2D eigenvalue weighted by atomic mass is 9.98. The maximum atomic E-state index is 11.9. The minimum atomic E-state index is -0.189. The average molecular weight is 254 g/mol. The molecule has 1 aromatic rings. The number of nitrogens with zero attached hydrogens (tertiary/aromatic N) is 2. The summed E-state index contributed by atoms with van der Waals surface area (Å²) in [4.78, 5) is 19.7. The number of hydrogen-bond donors (Lipinski definition) is 1. The first-order valence-corrected chi connectivity index (χ1v) is 6.24. The number of amides is 1. The summed E-state index contributed by atoms with van der Waals surface area (Å²) in [5.74, 6) is 0.975. The van der Waals surface area contributed by atoms with E-state index in [0.29, 0.717) is 11.8 Å². The lowest BCUT2D eigenvalue weighted by Crippen LogP contribution is -2.37. The van der Waals surface area contributed by atoms with Crippen LogP contribution in [0.25, 0.3) is 0 Å². The number of nitrogens with one attached hydrogen (secondary N) is 1. The van der Waals surface area contributed by atoms with Crippen molar-refractivity contribution in [1.82, 2.24) is 15.3 Å².